The van der Waals surface area contributed by atoms with Gasteiger partial charge in [-0.05, 0) is 115 Å². The molecule has 5 aromatic carbocycles. The largest absolute Gasteiger partial charge is 0.497 e. The van der Waals surface area contributed by atoms with Crippen molar-refractivity contribution in [1.82, 2.24) is 10.2 Å². The SMILES string of the molecule is CCOc1ccc(S(=O)(=O)N(CC(=O)N[C@H](C(=O)O)C(C)C)c2ccc(Cl)cc2)cc1.COc1ccc(N(CC(=O)N2Cc3ccccc3CC2CC(N)=O)S(=O)(=O)c2ccc(OC)c(OC)c2)cc1. The van der Waals surface area contributed by atoms with E-state index in [1.807, 2.05) is 31.2 Å². The summed E-state index contributed by atoms with van der Waals surface area (Å²) in [6.07, 6.45) is 0.404. The van der Waals surface area contributed by atoms with E-state index in [1.165, 1.54) is 93.0 Å². The zero-order chi connectivity index (χ0) is 51.3. The summed E-state index contributed by atoms with van der Waals surface area (Å²) < 4.78 is 77.7. The summed E-state index contributed by atoms with van der Waals surface area (Å²) in [6, 6.07) is 28.4. The van der Waals surface area contributed by atoms with Crippen LogP contribution in [0.1, 0.15) is 38.3 Å². The van der Waals surface area contributed by atoms with Gasteiger partial charge in [-0.1, -0.05) is 49.7 Å². The summed E-state index contributed by atoms with van der Waals surface area (Å²) in [5.74, 6) is -1.69. The number of nitrogens with zero attached hydrogens (tertiary/aromatic N) is 3. The Morgan fingerprint density at radius 1 is 0.743 bits per heavy atom. The number of carbonyl (C=O) groups excluding carboxylic acids is 3. The molecule has 374 valence electrons. The van der Waals surface area contributed by atoms with E-state index in [0.717, 1.165) is 19.7 Å². The van der Waals surface area contributed by atoms with E-state index in [4.69, 9.17) is 36.3 Å². The highest BCUT2D eigenvalue weighted by molar-refractivity contribution is 7.93. The number of hydrogen-bond donors (Lipinski definition) is 3. The van der Waals surface area contributed by atoms with Crippen molar-refractivity contribution in [3.63, 3.8) is 0 Å². The first-order valence-corrected chi connectivity index (χ1v) is 25.1. The van der Waals surface area contributed by atoms with E-state index in [1.54, 1.807) is 38.1 Å². The number of methoxy groups -OCH3 is 3. The zero-order valence-electron chi connectivity index (χ0n) is 39.4. The Morgan fingerprint density at radius 3 is 1.83 bits per heavy atom. The van der Waals surface area contributed by atoms with Crippen molar-refractivity contribution in [2.75, 3.05) is 49.6 Å². The monoisotopic (exact) mass is 1020 g/mol. The molecule has 0 radical (unpaired) electrons. The number of hydrogen-bond acceptors (Lipinski definition) is 12. The molecular formula is C49H56ClN5O13S2. The van der Waals surface area contributed by atoms with Gasteiger partial charge in [-0.2, -0.15) is 0 Å². The minimum Gasteiger partial charge on any atom is -0.497 e. The summed E-state index contributed by atoms with van der Waals surface area (Å²) >= 11 is 5.91. The van der Waals surface area contributed by atoms with E-state index in [-0.39, 0.29) is 45.8 Å². The molecule has 18 nitrogen and oxygen atoms in total. The summed E-state index contributed by atoms with van der Waals surface area (Å²) in [5.41, 5.74) is 7.94. The second-order valence-corrected chi connectivity index (χ2v) is 20.2. The molecule has 6 rings (SSSR count). The van der Waals surface area contributed by atoms with Gasteiger partial charge in [0.05, 0.1) is 49.1 Å². The number of sulfonamides is 2. The van der Waals surface area contributed by atoms with Gasteiger partial charge in [0.25, 0.3) is 20.0 Å². The molecule has 21 heteroatoms. The molecule has 1 heterocycles. The average molecular weight is 1020 g/mol. The number of fused-ring (bicyclic) bond motifs is 1. The number of carbonyl (C=O) groups is 4. The second kappa shape index (κ2) is 24.0. The number of carboxylic acids is 1. The standard InChI is InChI=1S/C28H31N3O7S.C21H25ClN2O6S/c1-36-23-10-8-21(9-11-23)31(39(34,35)24-12-13-25(37-2)26(16-24)38-3)18-28(33)30-17-20-7-5-4-6-19(20)14-22(30)15-27(29)32;1-4-30-17-9-11-18(12-10-17)31(28,29)24(16-7-5-15(22)6-8-16)13-19(25)23-20(14(2)3)21(26)27/h4-13,16,22H,14-15,17-18H2,1-3H3,(H2,29,32);5-12,14,20H,4,13H2,1-3H3,(H,23,25)(H,26,27)/t;20-/m.0/s1. The van der Waals surface area contributed by atoms with Crippen LogP contribution < -0.4 is 38.6 Å². The van der Waals surface area contributed by atoms with E-state index in [0.29, 0.717) is 35.3 Å². The minimum atomic E-state index is -4.25. The third kappa shape index (κ3) is 13.4. The lowest BCUT2D eigenvalue weighted by Gasteiger charge is -2.38. The van der Waals surface area contributed by atoms with Crippen LogP contribution >= 0.6 is 11.6 Å². The molecule has 1 unspecified atom stereocenters. The maximum Gasteiger partial charge on any atom is 0.326 e. The first-order valence-electron chi connectivity index (χ1n) is 21.8. The number of rotatable bonds is 20. The third-order valence-corrected chi connectivity index (χ3v) is 14.9. The quantitative estimate of drug-likeness (QED) is 0.0824. The molecule has 3 amide bonds. The maximum absolute atomic E-state index is 14.0. The van der Waals surface area contributed by atoms with Crippen LogP contribution in [0.3, 0.4) is 0 Å². The highest BCUT2D eigenvalue weighted by Crippen LogP contribution is 2.34. The molecule has 0 saturated heterocycles. The van der Waals surface area contributed by atoms with Crippen LogP contribution in [0.2, 0.25) is 5.02 Å². The lowest BCUT2D eigenvalue weighted by Crippen LogP contribution is -2.50. The van der Waals surface area contributed by atoms with Crippen LogP contribution in [0.25, 0.3) is 0 Å². The number of carboxylic acid groups (broad SMARTS) is 1. The fourth-order valence-corrected chi connectivity index (χ4v) is 10.4. The van der Waals surface area contributed by atoms with Crippen LogP contribution in [0.4, 0.5) is 11.4 Å². The fourth-order valence-electron chi connectivity index (χ4n) is 7.46. The number of ether oxygens (including phenoxy) is 4. The topological polar surface area (TPSA) is 241 Å². The predicted molar refractivity (Wildman–Crippen MR) is 263 cm³/mol. The minimum absolute atomic E-state index is 0.0367. The highest BCUT2D eigenvalue weighted by atomic mass is 35.5. The second-order valence-electron chi connectivity index (χ2n) is 16.1. The van der Waals surface area contributed by atoms with Crippen molar-refractivity contribution in [3.8, 4) is 23.0 Å². The maximum atomic E-state index is 14.0. The van der Waals surface area contributed by atoms with Crippen LogP contribution in [-0.2, 0) is 52.2 Å². The molecule has 0 bridgehead atoms. The Labute approximate surface area is 412 Å². The van der Waals surface area contributed by atoms with Gasteiger partial charge >= 0.3 is 5.97 Å². The van der Waals surface area contributed by atoms with Gasteiger partial charge in [0, 0.05) is 30.1 Å². The number of aliphatic carboxylic acids is 1. The van der Waals surface area contributed by atoms with Crippen molar-refractivity contribution >= 4 is 66.7 Å². The smallest absolute Gasteiger partial charge is 0.326 e. The van der Waals surface area contributed by atoms with Crippen molar-refractivity contribution < 1.29 is 60.1 Å². The normalized spacial score (nSPS) is 13.7. The van der Waals surface area contributed by atoms with Gasteiger partial charge in [-0.15, -0.1) is 0 Å². The van der Waals surface area contributed by atoms with Gasteiger partial charge in [-0.25, -0.2) is 21.6 Å². The number of amides is 3. The Hall–Kier alpha value is -7.03. The van der Waals surface area contributed by atoms with Crippen LogP contribution in [-0.4, -0.2) is 104 Å². The number of anilines is 2. The van der Waals surface area contributed by atoms with E-state index in [2.05, 4.69) is 5.32 Å². The van der Waals surface area contributed by atoms with E-state index in [9.17, 15) is 41.1 Å². The number of nitrogens with two attached hydrogens (primary N) is 1. The van der Waals surface area contributed by atoms with Gasteiger partial charge in [0.2, 0.25) is 17.7 Å². The molecular weight excluding hydrogens is 966 g/mol. The predicted octanol–water partition coefficient (Wildman–Crippen LogP) is 5.90. The molecule has 4 N–H and O–H groups in total. The molecule has 0 spiro atoms. The third-order valence-electron chi connectivity index (χ3n) is 11.1. The summed E-state index contributed by atoms with van der Waals surface area (Å²) in [7, 11) is -4.03. The first kappa shape index (κ1) is 53.9. The van der Waals surface area contributed by atoms with Crippen LogP contribution in [0, 0.1) is 5.92 Å². The Morgan fingerprint density at radius 2 is 1.29 bits per heavy atom. The van der Waals surface area contributed by atoms with Gasteiger partial charge < -0.3 is 40.0 Å². The summed E-state index contributed by atoms with van der Waals surface area (Å²) in [4.78, 5) is 51.1. The van der Waals surface area contributed by atoms with Crippen molar-refractivity contribution in [2.45, 2.75) is 62.0 Å². The van der Waals surface area contributed by atoms with E-state index >= 15 is 0 Å². The average Bonchev–Trinajstić information content (AvgIpc) is 3.34. The number of halogens is 1. The molecule has 2 atom stereocenters. The molecule has 1 aliphatic rings. The molecule has 5 aromatic rings. The van der Waals surface area contributed by atoms with Gasteiger partial charge in [-0.3, -0.25) is 23.0 Å². The molecule has 0 aliphatic carbocycles. The Balaban J connectivity index is 0.000000268. The van der Waals surface area contributed by atoms with Gasteiger partial charge in [0.1, 0.15) is 30.6 Å². The Bertz CT molecular complexity index is 2850. The molecule has 0 aromatic heterocycles. The van der Waals surface area contributed by atoms with Crippen LogP contribution in [0.5, 0.6) is 23.0 Å². The lowest BCUT2D eigenvalue weighted by atomic mass is 9.92. The highest BCUT2D eigenvalue weighted by Gasteiger charge is 2.36. The first-order chi connectivity index (χ1) is 33.2. The molecule has 0 fully saturated rings. The number of primary amides is 1. The molecule has 1 aliphatic heterocycles. The van der Waals surface area contributed by atoms with Crippen LogP contribution in [0.15, 0.2) is 125 Å². The number of nitrogens with one attached hydrogen (secondary N) is 1. The van der Waals surface area contributed by atoms with Crippen molar-refractivity contribution in [1.29, 1.82) is 0 Å². The summed E-state index contributed by atoms with van der Waals surface area (Å²) in [5, 5.41) is 12.1. The fraction of sp³-hybridized carbons (Fsp3) is 0.306. The van der Waals surface area contributed by atoms with Crippen molar-refractivity contribution in [2.24, 2.45) is 11.7 Å². The number of benzene rings is 5. The van der Waals surface area contributed by atoms with Crippen molar-refractivity contribution in [3.05, 3.63) is 131 Å². The molecule has 70 heavy (non-hydrogen) atoms. The zero-order valence-corrected chi connectivity index (χ0v) is 41.8. The molecule has 0 saturated carbocycles. The summed E-state index contributed by atoms with van der Waals surface area (Å²) in [6.45, 7) is 4.67. The lowest BCUT2D eigenvalue weighted by molar-refractivity contribution is -0.142. The Kier molecular flexibility index (Phi) is 18.5. The van der Waals surface area contributed by atoms with E-state index < -0.39 is 68.9 Å². The van der Waals surface area contributed by atoms with Gasteiger partial charge in [0.15, 0.2) is 11.5 Å².